The summed E-state index contributed by atoms with van der Waals surface area (Å²) in [6.45, 7) is 5.07. The molecule has 0 aliphatic carbocycles. The Morgan fingerprint density at radius 1 is 1.30 bits per heavy atom. The summed E-state index contributed by atoms with van der Waals surface area (Å²) in [5.74, 6) is 0.682. The zero-order valence-corrected chi connectivity index (χ0v) is 11.9. The molecule has 1 aliphatic heterocycles. The zero-order valence-electron chi connectivity index (χ0n) is 11.9. The van der Waals surface area contributed by atoms with Crippen molar-refractivity contribution in [1.29, 1.82) is 0 Å². The van der Waals surface area contributed by atoms with Gasteiger partial charge in [0.1, 0.15) is 0 Å². The predicted molar refractivity (Wildman–Crippen MR) is 79.0 cm³/mol. The van der Waals surface area contributed by atoms with Gasteiger partial charge in [0, 0.05) is 18.3 Å². The van der Waals surface area contributed by atoms with Crippen LogP contribution in [-0.2, 0) is 12.8 Å². The monoisotopic (exact) mass is 269 g/mol. The molecule has 2 aromatic rings. The fourth-order valence-electron chi connectivity index (χ4n) is 2.82. The van der Waals surface area contributed by atoms with Gasteiger partial charge in [-0.1, -0.05) is 31.2 Å². The number of hydrogen-bond acceptors (Lipinski definition) is 4. The molecule has 0 bridgehead atoms. The van der Waals surface area contributed by atoms with Gasteiger partial charge in [-0.2, -0.15) is 4.98 Å². The molecule has 1 unspecified atom stereocenters. The van der Waals surface area contributed by atoms with Gasteiger partial charge in [0.15, 0.2) is 0 Å². The molecule has 1 aliphatic rings. The van der Waals surface area contributed by atoms with Gasteiger partial charge in [-0.05, 0) is 30.9 Å². The summed E-state index contributed by atoms with van der Waals surface area (Å²) in [7, 11) is 0. The molecule has 1 aromatic carbocycles. The molecule has 3 rings (SSSR count). The Morgan fingerprint density at radius 3 is 2.90 bits per heavy atom. The van der Waals surface area contributed by atoms with E-state index in [1.54, 1.807) is 6.07 Å². The number of nitrogens with zero attached hydrogens (tertiary/aromatic N) is 3. The lowest BCUT2D eigenvalue weighted by Crippen LogP contribution is -2.35. The molecule has 1 atom stereocenters. The number of fused-ring (bicyclic) bond motifs is 1. The molecular formula is C16H19N3O. The fraction of sp³-hybridized carbons (Fsp3) is 0.375. The van der Waals surface area contributed by atoms with E-state index in [0.29, 0.717) is 5.95 Å². The standard InChI is InChI=1S/C16H19N3O/c1-3-13-10-15(20)18-16(17-13)19-9-8-12-6-4-5-7-14(12)11(19)2/h4-7,10-11H,3,8-9H2,1-2H3,(H,17,18,20). The largest absolute Gasteiger partial charge is 0.493 e. The third-order valence-electron chi connectivity index (χ3n) is 3.97. The van der Waals surface area contributed by atoms with Crippen LogP contribution in [0.15, 0.2) is 30.3 Å². The average Bonchev–Trinajstić information content (AvgIpc) is 2.47. The topological polar surface area (TPSA) is 49.3 Å². The number of aryl methyl sites for hydroxylation is 1. The summed E-state index contributed by atoms with van der Waals surface area (Å²) in [6.07, 6.45) is 1.78. The molecule has 20 heavy (non-hydrogen) atoms. The van der Waals surface area contributed by atoms with Crippen LogP contribution in [0, 0.1) is 0 Å². The molecule has 104 valence electrons. The Hall–Kier alpha value is -2.10. The molecule has 0 saturated heterocycles. The van der Waals surface area contributed by atoms with Crippen LogP contribution in [0.25, 0.3) is 0 Å². The quantitative estimate of drug-likeness (QED) is 0.910. The molecular weight excluding hydrogens is 250 g/mol. The maximum atomic E-state index is 9.76. The normalized spacial score (nSPS) is 17.9. The van der Waals surface area contributed by atoms with Crippen molar-refractivity contribution in [3.05, 3.63) is 47.2 Å². The first kappa shape index (κ1) is 12.9. The van der Waals surface area contributed by atoms with Crippen LogP contribution in [0.5, 0.6) is 5.88 Å². The van der Waals surface area contributed by atoms with Crippen LogP contribution in [0.3, 0.4) is 0 Å². The minimum atomic E-state index is 0.0536. The smallest absolute Gasteiger partial charge is 0.229 e. The molecule has 0 amide bonds. The van der Waals surface area contributed by atoms with Crippen LogP contribution in [0.1, 0.15) is 36.7 Å². The molecule has 1 aromatic heterocycles. The van der Waals surface area contributed by atoms with Gasteiger partial charge in [-0.25, -0.2) is 4.98 Å². The highest BCUT2D eigenvalue weighted by Crippen LogP contribution is 2.32. The molecule has 1 N–H and O–H groups in total. The summed E-state index contributed by atoms with van der Waals surface area (Å²) < 4.78 is 0. The SMILES string of the molecule is CCc1cc(O)nc(N2CCc3ccccc3C2C)n1. The highest BCUT2D eigenvalue weighted by atomic mass is 16.3. The van der Waals surface area contributed by atoms with Crippen LogP contribution in [0.4, 0.5) is 5.95 Å². The van der Waals surface area contributed by atoms with E-state index in [-0.39, 0.29) is 11.9 Å². The third-order valence-corrected chi connectivity index (χ3v) is 3.97. The van der Waals surface area contributed by atoms with Crippen LogP contribution in [0.2, 0.25) is 0 Å². The lowest BCUT2D eigenvalue weighted by atomic mass is 9.94. The van der Waals surface area contributed by atoms with Crippen molar-refractivity contribution >= 4 is 5.95 Å². The Bertz CT molecular complexity index is 627. The predicted octanol–water partition coefficient (Wildman–Crippen LogP) is 2.87. The highest BCUT2D eigenvalue weighted by molar-refractivity contribution is 5.44. The highest BCUT2D eigenvalue weighted by Gasteiger charge is 2.25. The second-order valence-electron chi connectivity index (χ2n) is 5.19. The molecule has 2 heterocycles. The number of aromatic hydroxyl groups is 1. The summed E-state index contributed by atoms with van der Waals surface area (Å²) in [4.78, 5) is 10.9. The number of anilines is 1. The van der Waals surface area contributed by atoms with Crippen molar-refractivity contribution in [1.82, 2.24) is 9.97 Å². The third kappa shape index (κ3) is 2.22. The van der Waals surface area contributed by atoms with E-state index in [1.807, 2.05) is 6.92 Å². The van der Waals surface area contributed by atoms with Gasteiger partial charge in [0.25, 0.3) is 0 Å². The molecule has 0 fully saturated rings. The molecule has 0 saturated carbocycles. The Balaban J connectivity index is 1.98. The van der Waals surface area contributed by atoms with Gasteiger partial charge in [-0.15, -0.1) is 0 Å². The van der Waals surface area contributed by atoms with Gasteiger partial charge in [0.2, 0.25) is 11.8 Å². The van der Waals surface area contributed by atoms with E-state index < -0.39 is 0 Å². The Morgan fingerprint density at radius 2 is 2.10 bits per heavy atom. The maximum Gasteiger partial charge on any atom is 0.229 e. The van der Waals surface area contributed by atoms with Crippen LogP contribution in [-0.4, -0.2) is 21.6 Å². The van der Waals surface area contributed by atoms with Crippen molar-refractivity contribution in [3.63, 3.8) is 0 Å². The minimum absolute atomic E-state index is 0.0536. The average molecular weight is 269 g/mol. The minimum Gasteiger partial charge on any atom is -0.493 e. The van der Waals surface area contributed by atoms with Gasteiger partial charge < -0.3 is 10.0 Å². The lowest BCUT2D eigenvalue weighted by Gasteiger charge is -2.35. The van der Waals surface area contributed by atoms with Gasteiger partial charge in [-0.3, -0.25) is 0 Å². The summed E-state index contributed by atoms with van der Waals surface area (Å²) in [5, 5.41) is 9.76. The van der Waals surface area contributed by atoms with E-state index >= 15 is 0 Å². The number of rotatable bonds is 2. The van der Waals surface area contributed by atoms with Crippen LogP contribution >= 0.6 is 0 Å². The number of aromatic nitrogens is 2. The van der Waals surface area contributed by atoms with Crippen LogP contribution < -0.4 is 4.90 Å². The van der Waals surface area contributed by atoms with Crippen molar-refractivity contribution in [2.75, 3.05) is 11.4 Å². The van der Waals surface area contributed by atoms with E-state index in [2.05, 4.69) is 46.1 Å². The Kier molecular flexibility index (Phi) is 3.30. The summed E-state index contributed by atoms with van der Waals surface area (Å²) >= 11 is 0. The number of benzene rings is 1. The first-order valence-corrected chi connectivity index (χ1v) is 7.10. The number of hydrogen-bond donors (Lipinski definition) is 1. The van der Waals surface area contributed by atoms with Crippen molar-refractivity contribution in [3.8, 4) is 5.88 Å². The summed E-state index contributed by atoms with van der Waals surface area (Å²) in [5.41, 5.74) is 3.59. The van der Waals surface area contributed by atoms with E-state index in [4.69, 9.17) is 0 Å². The second kappa shape index (κ2) is 5.12. The first-order valence-electron chi connectivity index (χ1n) is 7.10. The second-order valence-corrected chi connectivity index (χ2v) is 5.19. The maximum absolute atomic E-state index is 9.76. The van der Waals surface area contributed by atoms with E-state index in [9.17, 15) is 5.11 Å². The lowest BCUT2D eigenvalue weighted by molar-refractivity contribution is 0.448. The first-order chi connectivity index (χ1) is 9.69. The van der Waals surface area contributed by atoms with E-state index in [0.717, 1.165) is 25.1 Å². The van der Waals surface area contributed by atoms with Crippen molar-refractivity contribution in [2.24, 2.45) is 0 Å². The zero-order chi connectivity index (χ0) is 14.1. The van der Waals surface area contributed by atoms with Gasteiger partial charge in [0.05, 0.1) is 6.04 Å². The van der Waals surface area contributed by atoms with Crippen molar-refractivity contribution < 1.29 is 5.11 Å². The van der Waals surface area contributed by atoms with E-state index in [1.165, 1.54) is 11.1 Å². The molecule has 0 spiro atoms. The van der Waals surface area contributed by atoms with Crippen molar-refractivity contribution in [2.45, 2.75) is 32.7 Å². The fourth-order valence-corrected chi connectivity index (χ4v) is 2.82. The molecule has 4 nitrogen and oxygen atoms in total. The Labute approximate surface area is 119 Å². The molecule has 4 heteroatoms. The van der Waals surface area contributed by atoms with Gasteiger partial charge >= 0.3 is 0 Å². The molecule has 0 radical (unpaired) electrons. The summed E-state index contributed by atoms with van der Waals surface area (Å²) in [6, 6.07) is 10.4.